The van der Waals surface area contributed by atoms with Gasteiger partial charge in [0.2, 0.25) is 0 Å². The highest BCUT2D eigenvalue weighted by molar-refractivity contribution is 6.07. The van der Waals surface area contributed by atoms with Gasteiger partial charge < -0.3 is 4.42 Å². The molecule has 0 aliphatic carbocycles. The summed E-state index contributed by atoms with van der Waals surface area (Å²) in [6.45, 7) is 0. The number of fused-ring (bicyclic) bond motifs is 4. The lowest BCUT2D eigenvalue weighted by atomic mass is 9.97. The maximum absolute atomic E-state index is 6.13. The number of hydrogen-bond acceptors (Lipinski definition) is 2. The zero-order valence-electron chi connectivity index (χ0n) is 15.7. The Morgan fingerprint density at radius 3 is 2.14 bits per heavy atom. The topological polar surface area (TPSA) is 26.0 Å². The van der Waals surface area contributed by atoms with E-state index in [1.54, 1.807) is 0 Å². The summed E-state index contributed by atoms with van der Waals surface area (Å²) < 4.78 is 6.13. The van der Waals surface area contributed by atoms with Crippen LogP contribution < -0.4 is 0 Å². The molecule has 0 atom stereocenters. The molecule has 6 rings (SSSR count). The van der Waals surface area contributed by atoms with Crippen LogP contribution >= 0.6 is 0 Å². The van der Waals surface area contributed by atoms with Crippen molar-refractivity contribution in [2.24, 2.45) is 0 Å². The van der Waals surface area contributed by atoms with Gasteiger partial charge in [-0.2, -0.15) is 0 Å². The monoisotopic (exact) mass is 371 g/mol. The van der Waals surface area contributed by atoms with Crippen LogP contribution in [0.15, 0.2) is 108 Å². The smallest absolute Gasteiger partial charge is 0.136 e. The molecule has 0 radical (unpaired) electrons. The maximum atomic E-state index is 6.13. The first kappa shape index (κ1) is 16.1. The van der Waals surface area contributed by atoms with Crippen LogP contribution in [-0.2, 0) is 0 Å². The lowest BCUT2D eigenvalue weighted by Gasteiger charge is -2.10. The van der Waals surface area contributed by atoms with Crippen molar-refractivity contribution in [3.05, 3.63) is 103 Å². The van der Waals surface area contributed by atoms with E-state index >= 15 is 0 Å². The van der Waals surface area contributed by atoms with E-state index in [1.807, 2.05) is 42.5 Å². The largest absolute Gasteiger partial charge is 0.456 e. The van der Waals surface area contributed by atoms with Gasteiger partial charge in [-0.3, -0.25) is 0 Å². The Kier molecular flexibility index (Phi) is 3.50. The fourth-order valence-electron chi connectivity index (χ4n) is 4.06. The lowest BCUT2D eigenvalue weighted by Crippen LogP contribution is -1.89. The molecule has 2 heteroatoms. The van der Waals surface area contributed by atoms with Crippen molar-refractivity contribution < 1.29 is 4.42 Å². The molecule has 0 fully saturated rings. The van der Waals surface area contributed by atoms with Gasteiger partial charge in [0.05, 0.1) is 11.2 Å². The molecule has 29 heavy (non-hydrogen) atoms. The molecule has 0 N–H and O–H groups in total. The fraction of sp³-hybridized carbons (Fsp3) is 0. The molecule has 0 spiro atoms. The summed E-state index contributed by atoms with van der Waals surface area (Å²) in [5, 5.41) is 3.44. The van der Waals surface area contributed by atoms with Crippen LogP contribution in [0, 0.1) is 0 Å². The van der Waals surface area contributed by atoms with Crippen LogP contribution in [0.1, 0.15) is 0 Å². The van der Waals surface area contributed by atoms with Crippen molar-refractivity contribution in [3.63, 3.8) is 0 Å². The molecule has 0 aliphatic rings. The van der Waals surface area contributed by atoms with E-state index in [-0.39, 0.29) is 0 Å². The van der Waals surface area contributed by atoms with E-state index in [9.17, 15) is 0 Å². The second-order valence-corrected chi connectivity index (χ2v) is 7.25. The summed E-state index contributed by atoms with van der Waals surface area (Å²) in [7, 11) is 0. The summed E-state index contributed by atoms with van der Waals surface area (Å²) in [5.74, 6) is 0. The summed E-state index contributed by atoms with van der Waals surface area (Å²) in [4.78, 5) is 4.91. The summed E-state index contributed by atoms with van der Waals surface area (Å²) in [6.07, 6.45) is 0. The molecule has 0 amide bonds. The number of para-hydroxylation sites is 2. The van der Waals surface area contributed by atoms with Crippen LogP contribution in [0.2, 0.25) is 0 Å². The first-order valence-corrected chi connectivity index (χ1v) is 9.74. The number of rotatable bonds is 2. The minimum absolute atomic E-state index is 0.908. The number of benzene rings is 4. The normalized spacial score (nSPS) is 11.4. The predicted molar refractivity (Wildman–Crippen MR) is 120 cm³/mol. The van der Waals surface area contributed by atoms with Crippen molar-refractivity contribution in [2.45, 2.75) is 0 Å². The molecule has 2 aromatic heterocycles. The van der Waals surface area contributed by atoms with E-state index in [2.05, 4.69) is 60.7 Å². The number of pyridine rings is 1. The number of nitrogens with zero attached hydrogens (tertiary/aromatic N) is 1. The minimum atomic E-state index is 0.908. The quantitative estimate of drug-likeness (QED) is 0.315. The Morgan fingerprint density at radius 1 is 0.517 bits per heavy atom. The standard InChI is InChI=1S/C27H17NO/c1-2-8-18(9-3-1)25-17-23(20-10-4-6-12-24(20)28-25)19-14-15-22-21-11-5-7-13-26(21)29-27(22)16-19/h1-17H. The van der Waals surface area contributed by atoms with E-state index in [0.717, 1.165) is 55.2 Å². The van der Waals surface area contributed by atoms with Gasteiger partial charge in [-0.25, -0.2) is 4.98 Å². The van der Waals surface area contributed by atoms with E-state index in [4.69, 9.17) is 9.40 Å². The van der Waals surface area contributed by atoms with Crippen molar-refractivity contribution in [1.29, 1.82) is 0 Å². The van der Waals surface area contributed by atoms with Crippen LogP contribution in [-0.4, -0.2) is 4.98 Å². The van der Waals surface area contributed by atoms with E-state index in [1.165, 1.54) is 0 Å². The summed E-state index contributed by atoms with van der Waals surface area (Å²) >= 11 is 0. The third-order valence-corrected chi connectivity index (χ3v) is 5.48. The zero-order valence-corrected chi connectivity index (χ0v) is 15.7. The molecule has 136 valence electrons. The molecular weight excluding hydrogens is 354 g/mol. The average molecular weight is 371 g/mol. The van der Waals surface area contributed by atoms with Gasteiger partial charge in [-0.05, 0) is 41.5 Å². The van der Waals surface area contributed by atoms with Crippen LogP contribution in [0.3, 0.4) is 0 Å². The van der Waals surface area contributed by atoms with Crippen molar-refractivity contribution in [1.82, 2.24) is 4.98 Å². The number of furan rings is 1. The van der Waals surface area contributed by atoms with Gasteiger partial charge in [-0.1, -0.05) is 72.8 Å². The SMILES string of the molecule is c1ccc(-c2cc(-c3ccc4c(c3)oc3ccccc34)c3ccccc3n2)cc1. The second kappa shape index (κ2) is 6.32. The number of aromatic nitrogens is 1. The van der Waals surface area contributed by atoms with E-state index < -0.39 is 0 Å². The molecular formula is C27H17NO. The van der Waals surface area contributed by atoms with Crippen molar-refractivity contribution in [2.75, 3.05) is 0 Å². The molecule has 4 aromatic carbocycles. The second-order valence-electron chi connectivity index (χ2n) is 7.25. The molecule has 2 nitrogen and oxygen atoms in total. The Bertz CT molecular complexity index is 1500. The van der Waals surface area contributed by atoms with Gasteiger partial charge in [0.1, 0.15) is 11.2 Å². The maximum Gasteiger partial charge on any atom is 0.136 e. The van der Waals surface area contributed by atoms with Gasteiger partial charge in [0.15, 0.2) is 0 Å². The average Bonchev–Trinajstić information content (AvgIpc) is 3.17. The summed E-state index contributed by atoms with van der Waals surface area (Å²) in [6, 6.07) is 35.5. The van der Waals surface area contributed by atoms with Gasteiger partial charge in [0, 0.05) is 21.7 Å². The Hall–Kier alpha value is -3.91. The van der Waals surface area contributed by atoms with E-state index in [0.29, 0.717) is 0 Å². The predicted octanol–water partition coefficient (Wildman–Crippen LogP) is 7.47. The zero-order chi connectivity index (χ0) is 19.2. The van der Waals surface area contributed by atoms with Crippen LogP contribution in [0.25, 0.3) is 55.2 Å². The molecule has 0 unspecified atom stereocenters. The molecule has 0 bridgehead atoms. The highest BCUT2D eigenvalue weighted by atomic mass is 16.3. The van der Waals surface area contributed by atoms with Crippen LogP contribution in [0.5, 0.6) is 0 Å². The first-order valence-electron chi connectivity index (χ1n) is 9.74. The Morgan fingerprint density at radius 2 is 1.24 bits per heavy atom. The van der Waals surface area contributed by atoms with Gasteiger partial charge in [0.25, 0.3) is 0 Å². The fourth-order valence-corrected chi connectivity index (χ4v) is 4.06. The third-order valence-electron chi connectivity index (χ3n) is 5.48. The first-order chi connectivity index (χ1) is 14.4. The van der Waals surface area contributed by atoms with Gasteiger partial charge in [-0.15, -0.1) is 0 Å². The molecule has 0 saturated heterocycles. The van der Waals surface area contributed by atoms with Crippen LogP contribution in [0.4, 0.5) is 0 Å². The van der Waals surface area contributed by atoms with Crippen molar-refractivity contribution in [3.8, 4) is 22.4 Å². The molecule has 0 saturated carbocycles. The third kappa shape index (κ3) is 2.61. The minimum Gasteiger partial charge on any atom is -0.456 e. The highest BCUT2D eigenvalue weighted by Crippen LogP contribution is 2.36. The lowest BCUT2D eigenvalue weighted by molar-refractivity contribution is 0.669. The van der Waals surface area contributed by atoms with Crippen molar-refractivity contribution >= 4 is 32.8 Å². The highest BCUT2D eigenvalue weighted by Gasteiger charge is 2.12. The Balaban J connectivity index is 1.63. The summed E-state index contributed by atoms with van der Waals surface area (Å²) in [5.41, 5.74) is 7.21. The number of hydrogen-bond donors (Lipinski definition) is 0. The molecule has 2 heterocycles. The Labute approximate surface area is 168 Å². The molecule has 0 aliphatic heterocycles. The van der Waals surface area contributed by atoms with Gasteiger partial charge >= 0.3 is 0 Å². The molecule has 6 aromatic rings.